The maximum absolute atomic E-state index is 12.0. The zero-order valence-corrected chi connectivity index (χ0v) is 13.8. The Kier molecular flexibility index (Phi) is 6.14. The molecule has 3 nitrogen and oxygen atoms in total. The van der Waals surface area contributed by atoms with E-state index in [4.69, 9.17) is 39.5 Å². The quantitative estimate of drug-likeness (QED) is 0.797. The lowest BCUT2D eigenvalue weighted by Crippen LogP contribution is -2.25. The summed E-state index contributed by atoms with van der Waals surface area (Å²) < 4.78 is 5.18. The fourth-order valence-electron chi connectivity index (χ4n) is 1.94. The van der Waals surface area contributed by atoms with Crippen LogP contribution in [0.3, 0.4) is 0 Å². The van der Waals surface area contributed by atoms with Gasteiger partial charge in [-0.15, -0.1) is 0 Å². The molecular formula is C14H17Cl3O3. The monoisotopic (exact) mass is 338 g/mol. The lowest BCUT2D eigenvalue weighted by atomic mass is 9.96. The third-order valence-corrected chi connectivity index (χ3v) is 3.37. The molecule has 0 aliphatic carbocycles. The number of hydrogen-bond acceptors (Lipinski definition) is 3. The van der Waals surface area contributed by atoms with Gasteiger partial charge in [-0.2, -0.15) is 0 Å². The van der Waals surface area contributed by atoms with Crippen molar-refractivity contribution in [2.75, 3.05) is 6.61 Å². The molecule has 0 fully saturated rings. The standard InChI is InChI=1S/C14H17Cl3O3/c1-8(6-14(2,3)19)7-20-13(18)12-10(16)4-9(15)5-11(12)17/h4-5,8,19H,6-7H2,1-3H3/t8-/m0/s1. The van der Waals surface area contributed by atoms with Crippen molar-refractivity contribution in [3.63, 3.8) is 0 Å². The molecule has 0 unspecified atom stereocenters. The van der Waals surface area contributed by atoms with Crippen LogP contribution in [0.4, 0.5) is 0 Å². The van der Waals surface area contributed by atoms with Crippen LogP contribution in [0.25, 0.3) is 0 Å². The fourth-order valence-corrected chi connectivity index (χ4v) is 2.91. The average molecular weight is 340 g/mol. The molecule has 1 atom stereocenters. The second-order valence-electron chi connectivity index (χ2n) is 5.46. The van der Waals surface area contributed by atoms with Crippen LogP contribution in [0.1, 0.15) is 37.6 Å². The molecule has 112 valence electrons. The zero-order chi connectivity index (χ0) is 15.5. The van der Waals surface area contributed by atoms with E-state index in [-0.39, 0.29) is 28.1 Å². The van der Waals surface area contributed by atoms with E-state index in [9.17, 15) is 9.90 Å². The number of carbonyl (C=O) groups is 1. The van der Waals surface area contributed by atoms with E-state index in [1.54, 1.807) is 13.8 Å². The van der Waals surface area contributed by atoms with Crippen molar-refractivity contribution in [3.05, 3.63) is 32.8 Å². The molecule has 6 heteroatoms. The Hall–Kier alpha value is -0.480. The molecule has 0 heterocycles. The number of aliphatic hydroxyl groups is 1. The molecule has 1 aromatic rings. The first-order chi connectivity index (χ1) is 9.10. The predicted octanol–water partition coefficient (Wildman–Crippen LogP) is 4.60. The van der Waals surface area contributed by atoms with Gasteiger partial charge in [0.05, 0.1) is 27.8 Å². The Morgan fingerprint density at radius 1 is 1.30 bits per heavy atom. The van der Waals surface area contributed by atoms with Crippen molar-refractivity contribution in [1.82, 2.24) is 0 Å². The van der Waals surface area contributed by atoms with Crippen LogP contribution in [-0.2, 0) is 4.74 Å². The highest BCUT2D eigenvalue weighted by atomic mass is 35.5. The Labute approximate surface area is 133 Å². The lowest BCUT2D eigenvalue weighted by molar-refractivity contribution is 0.0233. The molecule has 0 saturated heterocycles. The minimum Gasteiger partial charge on any atom is -0.462 e. The van der Waals surface area contributed by atoms with Gasteiger partial charge in [-0.05, 0) is 38.3 Å². The summed E-state index contributed by atoms with van der Waals surface area (Å²) in [5.74, 6) is -0.580. The highest BCUT2D eigenvalue weighted by Crippen LogP contribution is 2.29. The summed E-state index contributed by atoms with van der Waals surface area (Å²) in [4.78, 5) is 12.0. The molecular weight excluding hydrogens is 323 g/mol. The van der Waals surface area contributed by atoms with E-state index in [2.05, 4.69) is 0 Å². The second-order valence-corrected chi connectivity index (χ2v) is 6.72. The lowest BCUT2D eigenvalue weighted by Gasteiger charge is -2.22. The summed E-state index contributed by atoms with van der Waals surface area (Å²) in [6.45, 7) is 5.48. The molecule has 0 saturated carbocycles. The number of halogens is 3. The number of ether oxygens (including phenoxy) is 1. The van der Waals surface area contributed by atoms with Crippen LogP contribution >= 0.6 is 34.8 Å². The molecule has 20 heavy (non-hydrogen) atoms. The summed E-state index contributed by atoms with van der Waals surface area (Å²) in [5.41, 5.74) is -0.699. The first-order valence-electron chi connectivity index (χ1n) is 6.14. The van der Waals surface area contributed by atoms with Gasteiger partial charge in [0.25, 0.3) is 0 Å². The average Bonchev–Trinajstić information content (AvgIpc) is 2.22. The van der Waals surface area contributed by atoms with Crippen molar-refractivity contribution in [2.45, 2.75) is 32.8 Å². The number of carbonyl (C=O) groups excluding carboxylic acids is 1. The van der Waals surface area contributed by atoms with E-state index in [1.807, 2.05) is 6.92 Å². The van der Waals surface area contributed by atoms with E-state index in [0.717, 1.165) is 0 Å². The summed E-state index contributed by atoms with van der Waals surface area (Å²) in [6.07, 6.45) is 0.516. The molecule has 0 aromatic heterocycles. The second kappa shape index (κ2) is 6.99. The normalized spacial score (nSPS) is 13.2. The van der Waals surface area contributed by atoms with Gasteiger partial charge in [0, 0.05) is 5.02 Å². The van der Waals surface area contributed by atoms with Crippen molar-refractivity contribution >= 4 is 40.8 Å². The minimum atomic E-state index is -0.804. The predicted molar refractivity (Wildman–Crippen MR) is 81.8 cm³/mol. The fraction of sp³-hybridized carbons (Fsp3) is 0.500. The van der Waals surface area contributed by atoms with Crippen LogP contribution in [0.15, 0.2) is 12.1 Å². The first kappa shape index (κ1) is 17.6. The van der Waals surface area contributed by atoms with E-state index >= 15 is 0 Å². The summed E-state index contributed by atoms with van der Waals surface area (Å²) >= 11 is 17.7. The summed E-state index contributed by atoms with van der Waals surface area (Å²) in [5, 5.41) is 10.4. The van der Waals surface area contributed by atoms with E-state index < -0.39 is 11.6 Å². The number of esters is 1. The Balaban J connectivity index is 2.69. The zero-order valence-electron chi connectivity index (χ0n) is 11.5. The van der Waals surface area contributed by atoms with Crippen molar-refractivity contribution in [3.8, 4) is 0 Å². The number of benzene rings is 1. The third kappa shape index (κ3) is 5.49. The SMILES string of the molecule is C[C@H](COC(=O)c1c(Cl)cc(Cl)cc1Cl)CC(C)(C)O. The first-order valence-corrected chi connectivity index (χ1v) is 7.27. The van der Waals surface area contributed by atoms with Gasteiger partial charge in [-0.25, -0.2) is 4.79 Å². The maximum atomic E-state index is 12.0. The molecule has 0 bridgehead atoms. The Bertz CT molecular complexity index is 472. The van der Waals surface area contributed by atoms with Gasteiger partial charge in [-0.1, -0.05) is 41.7 Å². The van der Waals surface area contributed by atoms with Crippen molar-refractivity contribution < 1.29 is 14.6 Å². The third-order valence-electron chi connectivity index (χ3n) is 2.56. The largest absolute Gasteiger partial charge is 0.462 e. The van der Waals surface area contributed by atoms with Gasteiger partial charge >= 0.3 is 5.97 Å². The molecule has 0 amide bonds. The van der Waals surface area contributed by atoms with Gasteiger partial charge in [0.2, 0.25) is 0 Å². The molecule has 0 spiro atoms. The minimum absolute atomic E-state index is 0.0174. The molecule has 1 aromatic carbocycles. The van der Waals surface area contributed by atoms with Gasteiger partial charge in [0.15, 0.2) is 0 Å². The van der Waals surface area contributed by atoms with Gasteiger partial charge in [-0.3, -0.25) is 0 Å². The van der Waals surface area contributed by atoms with Crippen LogP contribution in [0.2, 0.25) is 15.1 Å². The smallest absolute Gasteiger partial charge is 0.341 e. The van der Waals surface area contributed by atoms with Gasteiger partial charge < -0.3 is 9.84 Å². The molecule has 0 aliphatic rings. The van der Waals surface area contributed by atoms with Crippen molar-refractivity contribution in [2.24, 2.45) is 5.92 Å². The maximum Gasteiger partial charge on any atom is 0.341 e. The van der Waals surface area contributed by atoms with Crippen LogP contribution in [-0.4, -0.2) is 23.3 Å². The molecule has 0 aliphatic heterocycles. The van der Waals surface area contributed by atoms with Crippen LogP contribution in [0, 0.1) is 5.92 Å². The number of rotatable bonds is 5. The van der Waals surface area contributed by atoms with Gasteiger partial charge in [0.1, 0.15) is 0 Å². The topological polar surface area (TPSA) is 46.5 Å². The summed E-state index contributed by atoms with van der Waals surface area (Å²) in [6, 6.07) is 2.87. The van der Waals surface area contributed by atoms with E-state index in [0.29, 0.717) is 11.4 Å². The highest BCUT2D eigenvalue weighted by molar-refractivity contribution is 6.41. The Morgan fingerprint density at radius 3 is 2.25 bits per heavy atom. The molecule has 1 N–H and O–H groups in total. The molecule has 0 radical (unpaired) electrons. The van der Waals surface area contributed by atoms with Crippen LogP contribution < -0.4 is 0 Å². The van der Waals surface area contributed by atoms with E-state index in [1.165, 1.54) is 12.1 Å². The Morgan fingerprint density at radius 2 is 1.80 bits per heavy atom. The van der Waals surface area contributed by atoms with Crippen LogP contribution in [0.5, 0.6) is 0 Å². The highest BCUT2D eigenvalue weighted by Gasteiger charge is 2.21. The van der Waals surface area contributed by atoms with Crippen molar-refractivity contribution in [1.29, 1.82) is 0 Å². The molecule has 1 rings (SSSR count). The summed E-state index contributed by atoms with van der Waals surface area (Å²) in [7, 11) is 0. The number of hydrogen-bond donors (Lipinski definition) is 1.